The molecular formula is C29H32FN3O7S. The molecule has 0 saturated heterocycles. The van der Waals surface area contributed by atoms with Crippen molar-refractivity contribution in [3.63, 3.8) is 0 Å². The van der Waals surface area contributed by atoms with E-state index >= 15 is 0 Å². The Bertz CT molecular complexity index is 1420. The highest BCUT2D eigenvalue weighted by molar-refractivity contribution is 7.90. The van der Waals surface area contributed by atoms with Gasteiger partial charge in [-0.3, -0.25) is 9.59 Å². The van der Waals surface area contributed by atoms with E-state index < -0.39 is 28.0 Å². The first-order valence-electron chi connectivity index (χ1n) is 13.2. The minimum atomic E-state index is -4.26. The molecule has 0 bridgehead atoms. The number of nitrogens with zero attached hydrogens (tertiary/aromatic N) is 1. The minimum Gasteiger partial charge on any atom is -0.431 e. The van der Waals surface area contributed by atoms with Gasteiger partial charge in [0.05, 0.1) is 10.5 Å². The number of hydrogen-bond donors (Lipinski definition) is 2. The molecular weight excluding hydrogens is 553 g/mol. The summed E-state index contributed by atoms with van der Waals surface area (Å²) in [6, 6.07) is 13.5. The summed E-state index contributed by atoms with van der Waals surface area (Å²) in [7, 11) is -4.26. The van der Waals surface area contributed by atoms with Gasteiger partial charge in [-0.2, -0.15) is 0 Å². The highest BCUT2D eigenvalue weighted by Crippen LogP contribution is 2.15. The number of halogens is 1. The fraction of sp³-hybridized carbons (Fsp3) is 0.310. The summed E-state index contributed by atoms with van der Waals surface area (Å²) in [4.78, 5) is 40.6. The second-order valence-corrected chi connectivity index (χ2v) is 10.8. The van der Waals surface area contributed by atoms with Gasteiger partial charge in [-0.05, 0) is 67.3 Å². The van der Waals surface area contributed by atoms with Crippen molar-refractivity contribution in [2.24, 2.45) is 0 Å². The number of benzene rings is 2. The summed E-state index contributed by atoms with van der Waals surface area (Å²) in [5.41, 5.74) is 0.997. The fourth-order valence-corrected chi connectivity index (χ4v) is 4.80. The SMILES string of the molecule is CCCC(CCC)OC(=O)Oc1ccc(C(=O)NS(=O)(=O)c2ccc(C(=O)NCCc3ccc(F)cc3)cc2)cn1. The molecule has 0 aliphatic heterocycles. The molecule has 0 unspecified atom stereocenters. The van der Waals surface area contributed by atoms with E-state index in [4.69, 9.17) is 9.47 Å². The first-order chi connectivity index (χ1) is 19.6. The maximum atomic E-state index is 13.0. The minimum absolute atomic E-state index is 0.0821. The molecule has 10 nitrogen and oxygen atoms in total. The van der Waals surface area contributed by atoms with E-state index in [9.17, 15) is 27.2 Å². The topological polar surface area (TPSA) is 141 Å². The van der Waals surface area contributed by atoms with Crippen LogP contribution in [0.3, 0.4) is 0 Å². The summed E-state index contributed by atoms with van der Waals surface area (Å²) < 4.78 is 50.7. The molecule has 3 rings (SSSR count). The Kier molecular flexibility index (Phi) is 11.3. The molecule has 2 amide bonds. The highest BCUT2D eigenvalue weighted by atomic mass is 32.2. The largest absolute Gasteiger partial charge is 0.515 e. The Morgan fingerprint density at radius 1 is 0.878 bits per heavy atom. The van der Waals surface area contributed by atoms with Crippen LogP contribution < -0.4 is 14.8 Å². The van der Waals surface area contributed by atoms with Crippen LogP contribution in [0.1, 0.15) is 65.8 Å². The van der Waals surface area contributed by atoms with Crippen LogP contribution in [-0.4, -0.2) is 44.0 Å². The normalized spacial score (nSPS) is 11.1. The van der Waals surface area contributed by atoms with E-state index in [0.717, 1.165) is 24.6 Å². The number of sulfonamides is 1. The van der Waals surface area contributed by atoms with E-state index in [-0.39, 0.29) is 33.8 Å². The summed E-state index contributed by atoms with van der Waals surface area (Å²) in [5.74, 6) is -1.80. The lowest BCUT2D eigenvalue weighted by Crippen LogP contribution is -2.31. The van der Waals surface area contributed by atoms with Gasteiger partial charge >= 0.3 is 6.16 Å². The van der Waals surface area contributed by atoms with Crippen LogP contribution in [0, 0.1) is 5.82 Å². The molecule has 0 saturated carbocycles. The van der Waals surface area contributed by atoms with E-state index in [1.165, 1.54) is 48.5 Å². The van der Waals surface area contributed by atoms with E-state index in [1.54, 1.807) is 12.1 Å². The van der Waals surface area contributed by atoms with Crippen LogP contribution in [0.4, 0.5) is 9.18 Å². The number of carbonyl (C=O) groups excluding carboxylic acids is 3. The summed E-state index contributed by atoms with van der Waals surface area (Å²) in [6.45, 7) is 4.27. The van der Waals surface area contributed by atoms with Crippen molar-refractivity contribution in [1.82, 2.24) is 15.0 Å². The Labute approximate surface area is 238 Å². The summed E-state index contributed by atoms with van der Waals surface area (Å²) >= 11 is 0. The highest BCUT2D eigenvalue weighted by Gasteiger charge is 2.20. The molecule has 0 aliphatic carbocycles. The molecule has 2 aromatic carbocycles. The monoisotopic (exact) mass is 585 g/mol. The first-order valence-corrected chi connectivity index (χ1v) is 14.6. The van der Waals surface area contributed by atoms with Crippen LogP contribution in [0.2, 0.25) is 0 Å². The van der Waals surface area contributed by atoms with Crippen molar-refractivity contribution in [3.8, 4) is 5.88 Å². The zero-order chi connectivity index (χ0) is 29.8. The van der Waals surface area contributed by atoms with Crippen LogP contribution in [0.25, 0.3) is 0 Å². The predicted octanol–water partition coefficient (Wildman–Crippen LogP) is 4.80. The van der Waals surface area contributed by atoms with Gasteiger partial charge in [-0.25, -0.2) is 27.3 Å². The van der Waals surface area contributed by atoms with Crippen LogP contribution in [0.15, 0.2) is 71.8 Å². The number of nitrogens with one attached hydrogen (secondary N) is 2. The molecule has 0 atom stereocenters. The molecule has 0 aliphatic rings. The average molecular weight is 586 g/mol. The van der Waals surface area contributed by atoms with Crippen molar-refractivity contribution in [1.29, 1.82) is 0 Å². The lowest BCUT2D eigenvalue weighted by Gasteiger charge is -2.15. The van der Waals surface area contributed by atoms with E-state index in [1.807, 2.05) is 18.6 Å². The third-order valence-electron chi connectivity index (χ3n) is 5.94. The van der Waals surface area contributed by atoms with Crippen LogP contribution >= 0.6 is 0 Å². The molecule has 1 heterocycles. The number of carbonyl (C=O) groups is 3. The van der Waals surface area contributed by atoms with Gasteiger partial charge in [0.15, 0.2) is 0 Å². The number of amides is 2. The van der Waals surface area contributed by atoms with Crippen molar-refractivity contribution in [3.05, 3.63) is 89.4 Å². The van der Waals surface area contributed by atoms with Gasteiger partial charge in [-0.1, -0.05) is 38.8 Å². The van der Waals surface area contributed by atoms with Crippen molar-refractivity contribution in [2.45, 2.75) is 57.0 Å². The molecule has 12 heteroatoms. The zero-order valence-corrected chi connectivity index (χ0v) is 23.6. The summed E-state index contributed by atoms with van der Waals surface area (Å²) in [6.07, 6.45) is 3.51. The van der Waals surface area contributed by atoms with Gasteiger partial charge < -0.3 is 14.8 Å². The molecule has 0 radical (unpaired) electrons. The number of hydrogen-bond acceptors (Lipinski definition) is 8. The predicted molar refractivity (Wildman–Crippen MR) is 148 cm³/mol. The third-order valence-corrected chi connectivity index (χ3v) is 7.28. The molecule has 218 valence electrons. The standard InChI is InChI=1S/C29H32FN3O7S/c1-3-5-24(6-4-2)39-29(36)40-26-16-11-22(19-32-26)28(35)33-41(37,38)25-14-9-21(10-15-25)27(34)31-18-17-20-7-12-23(30)13-8-20/h7-16,19,24H,3-6,17-18H2,1-2H3,(H,31,34)(H,33,35). The Morgan fingerprint density at radius 3 is 2.10 bits per heavy atom. The zero-order valence-electron chi connectivity index (χ0n) is 22.8. The average Bonchev–Trinajstić information content (AvgIpc) is 2.94. The third kappa shape index (κ3) is 9.67. The van der Waals surface area contributed by atoms with E-state index in [0.29, 0.717) is 25.8 Å². The Hall–Kier alpha value is -4.32. The number of ether oxygens (including phenoxy) is 2. The first kappa shape index (κ1) is 31.2. The lowest BCUT2D eigenvalue weighted by atomic mass is 10.1. The van der Waals surface area contributed by atoms with Gasteiger partial charge in [0.2, 0.25) is 5.88 Å². The maximum absolute atomic E-state index is 13.0. The van der Waals surface area contributed by atoms with Crippen LogP contribution in [-0.2, 0) is 21.2 Å². The van der Waals surface area contributed by atoms with Gasteiger partial charge in [0.25, 0.3) is 21.8 Å². The number of aromatic nitrogens is 1. The Balaban J connectivity index is 1.52. The van der Waals surface area contributed by atoms with Crippen LogP contribution in [0.5, 0.6) is 5.88 Å². The molecule has 0 spiro atoms. The van der Waals surface area contributed by atoms with Gasteiger partial charge in [0.1, 0.15) is 11.9 Å². The van der Waals surface area contributed by atoms with Crippen molar-refractivity contribution in [2.75, 3.05) is 6.54 Å². The van der Waals surface area contributed by atoms with Gasteiger partial charge in [-0.15, -0.1) is 0 Å². The summed E-state index contributed by atoms with van der Waals surface area (Å²) in [5, 5.41) is 2.71. The number of pyridine rings is 1. The quantitative estimate of drug-likeness (QED) is 0.273. The fourth-order valence-electron chi connectivity index (χ4n) is 3.83. The second-order valence-electron chi connectivity index (χ2n) is 9.15. The maximum Gasteiger partial charge on any atom is 0.515 e. The molecule has 2 N–H and O–H groups in total. The van der Waals surface area contributed by atoms with Crippen molar-refractivity contribution < 1.29 is 36.7 Å². The van der Waals surface area contributed by atoms with Gasteiger partial charge in [0, 0.05) is 24.4 Å². The lowest BCUT2D eigenvalue weighted by molar-refractivity contribution is 0.0490. The second kappa shape index (κ2) is 14.9. The molecule has 0 fully saturated rings. The molecule has 1 aromatic heterocycles. The molecule has 3 aromatic rings. The molecule has 41 heavy (non-hydrogen) atoms. The van der Waals surface area contributed by atoms with E-state index in [2.05, 4.69) is 10.3 Å². The Morgan fingerprint density at radius 2 is 1.51 bits per heavy atom. The van der Waals surface area contributed by atoms with Crippen molar-refractivity contribution >= 4 is 28.0 Å². The number of rotatable bonds is 13. The smallest absolute Gasteiger partial charge is 0.431 e.